The van der Waals surface area contributed by atoms with Crippen LogP contribution in [0.4, 0.5) is 0 Å². The lowest BCUT2D eigenvalue weighted by Crippen LogP contribution is -2.44. The normalized spacial score (nSPS) is 21.3. The second-order valence-corrected chi connectivity index (χ2v) is 15.1. The molecule has 0 N–H and O–H groups in total. The minimum absolute atomic E-state index is 0. The predicted octanol–water partition coefficient (Wildman–Crippen LogP) is 7.48. The molecular formula is C33H62N4+2. The van der Waals surface area contributed by atoms with Crippen LogP contribution in [0, 0.1) is 0 Å². The number of hydrogen-bond acceptors (Lipinski definition) is 2. The highest BCUT2D eigenvalue weighted by atomic mass is 15.3. The quantitative estimate of drug-likeness (QED) is 0.354. The van der Waals surface area contributed by atoms with E-state index in [1.165, 1.54) is 63.0 Å². The Labute approximate surface area is 231 Å². The summed E-state index contributed by atoms with van der Waals surface area (Å²) in [6, 6.07) is 0. The van der Waals surface area contributed by atoms with E-state index in [2.05, 4.69) is 114 Å². The van der Waals surface area contributed by atoms with Gasteiger partial charge in [0, 0.05) is 49.9 Å². The van der Waals surface area contributed by atoms with Gasteiger partial charge in [-0.2, -0.15) is 0 Å². The molecule has 4 aliphatic heterocycles. The number of hydrogen-bond donors (Lipinski definition) is 0. The lowest BCUT2D eigenvalue weighted by atomic mass is 10.0. The molecule has 0 saturated heterocycles. The molecule has 0 saturated carbocycles. The first kappa shape index (κ1) is 31.6. The van der Waals surface area contributed by atoms with Gasteiger partial charge in [-0.1, -0.05) is 19.6 Å². The summed E-state index contributed by atoms with van der Waals surface area (Å²) in [7, 11) is 0. The predicted molar refractivity (Wildman–Crippen MR) is 163 cm³/mol. The molecule has 0 bridgehead atoms. The summed E-state index contributed by atoms with van der Waals surface area (Å²) in [5.41, 5.74) is 7.15. The van der Waals surface area contributed by atoms with Crippen molar-refractivity contribution in [1.29, 1.82) is 0 Å². The molecule has 0 unspecified atom stereocenters. The third kappa shape index (κ3) is 7.30. The van der Waals surface area contributed by atoms with Gasteiger partial charge in [-0.25, -0.2) is 9.15 Å². The van der Waals surface area contributed by atoms with Crippen LogP contribution in [0.1, 0.15) is 129 Å². The molecule has 4 heteroatoms. The molecule has 4 aliphatic rings. The summed E-state index contributed by atoms with van der Waals surface area (Å²) in [6.45, 7) is 32.7. The highest BCUT2D eigenvalue weighted by Crippen LogP contribution is 2.37. The zero-order chi connectivity index (χ0) is 27.1. The number of rotatable bonds is 2. The van der Waals surface area contributed by atoms with E-state index in [4.69, 9.17) is 0 Å². The van der Waals surface area contributed by atoms with Crippen LogP contribution in [0.5, 0.6) is 0 Å². The fourth-order valence-corrected chi connectivity index (χ4v) is 6.43. The molecule has 0 aliphatic carbocycles. The van der Waals surface area contributed by atoms with E-state index in [1.807, 2.05) is 0 Å². The van der Waals surface area contributed by atoms with Crippen LogP contribution < -0.4 is 0 Å². The summed E-state index contributed by atoms with van der Waals surface area (Å²) < 4.78 is 5.29. The fourth-order valence-electron chi connectivity index (χ4n) is 6.43. The summed E-state index contributed by atoms with van der Waals surface area (Å²) >= 11 is 0. The Morgan fingerprint density at radius 1 is 0.568 bits per heavy atom. The fraction of sp³-hybridized carbons (Fsp3) is 0.818. The van der Waals surface area contributed by atoms with E-state index in [9.17, 15) is 0 Å². The average Bonchev–Trinajstić information content (AvgIpc) is 3.52. The van der Waals surface area contributed by atoms with Gasteiger partial charge in [-0.05, 0) is 95.9 Å². The van der Waals surface area contributed by atoms with Crippen LogP contribution in [0.2, 0.25) is 0 Å². The maximum atomic E-state index is 2.65. The van der Waals surface area contributed by atoms with Crippen LogP contribution in [0.25, 0.3) is 0 Å². The van der Waals surface area contributed by atoms with E-state index in [-0.39, 0.29) is 29.6 Å². The van der Waals surface area contributed by atoms with Crippen LogP contribution in [-0.4, -0.2) is 78.7 Å². The van der Waals surface area contributed by atoms with Crippen LogP contribution in [0.3, 0.4) is 0 Å². The van der Waals surface area contributed by atoms with Gasteiger partial charge in [-0.15, -0.1) is 0 Å². The van der Waals surface area contributed by atoms with E-state index in [1.54, 1.807) is 11.4 Å². The molecule has 4 rings (SSSR count). The number of nitrogens with zero attached hydrogens (tertiary/aromatic N) is 4. The maximum absolute atomic E-state index is 2.65. The Morgan fingerprint density at radius 2 is 0.892 bits per heavy atom. The largest absolute Gasteiger partial charge is 0.365 e. The first-order valence-electron chi connectivity index (χ1n) is 14.7. The summed E-state index contributed by atoms with van der Waals surface area (Å²) in [6.07, 6.45) is 12.4. The molecule has 0 radical (unpaired) electrons. The zero-order valence-electron chi connectivity index (χ0n) is 26.0. The Bertz CT molecular complexity index is 855. The third-order valence-corrected chi connectivity index (χ3v) is 8.04. The first-order chi connectivity index (χ1) is 16.4. The van der Waals surface area contributed by atoms with Crippen molar-refractivity contribution in [3.8, 4) is 0 Å². The molecule has 0 atom stereocenters. The van der Waals surface area contributed by atoms with Crippen molar-refractivity contribution >= 4 is 11.4 Å². The van der Waals surface area contributed by atoms with Crippen LogP contribution in [-0.2, 0) is 0 Å². The topological polar surface area (TPSA) is 12.5 Å². The maximum Gasteiger partial charge on any atom is 0.243 e. The van der Waals surface area contributed by atoms with Crippen molar-refractivity contribution in [2.45, 2.75) is 151 Å². The SMILES string of the molecule is C.CC(C)(C)N1CCC=C1C1=CCCN1C(C)(C)C.CC(C)(C)[N+]1=C(C2=[N+](C(C)(C)C)CCC2)CCC1. The average molecular weight is 515 g/mol. The summed E-state index contributed by atoms with van der Waals surface area (Å²) in [5, 5.41) is 0. The summed E-state index contributed by atoms with van der Waals surface area (Å²) in [4.78, 5) is 5.12. The van der Waals surface area contributed by atoms with E-state index in [0.29, 0.717) is 0 Å². The lowest BCUT2D eigenvalue weighted by molar-refractivity contribution is -0.601. The standard InChI is InChI=1S/C16H30N2.C16H28N2.CH4/c2*1-15(2,3)17-11-7-9-13(17)14-10-8-12-18(14)16(4,5)6;/h7-12H2,1-6H3;9-10H,7-8,11-12H2,1-6H3;1H4/q+2;;. The third-order valence-electron chi connectivity index (χ3n) is 8.04. The van der Waals surface area contributed by atoms with E-state index < -0.39 is 0 Å². The van der Waals surface area contributed by atoms with Crippen molar-refractivity contribution in [3.05, 3.63) is 23.5 Å². The Balaban J connectivity index is 0.000000253. The van der Waals surface area contributed by atoms with Crippen molar-refractivity contribution in [3.63, 3.8) is 0 Å². The molecule has 4 heterocycles. The van der Waals surface area contributed by atoms with Gasteiger partial charge < -0.3 is 9.80 Å². The van der Waals surface area contributed by atoms with Gasteiger partial charge in [0.25, 0.3) is 0 Å². The van der Waals surface area contributed by atoms with Gasteiger partial charge in [-0.3, -0.25) is 0 Å². The second-order valence-electron chi connectivity index (χ2n) is 15.1. The zero-order valence-corrected chi connectivity index (χ0v) is 26.0. The molecule has 0 aromatic rings. The minimum Gasteiger partial charge on any atom is -0.365 e. The molecule has 0 spiro atoms. The van der Waals surface area contributed by atoms with Gasteiger partial charge in [0.15, 0.2) is 11.1 Å². The molecule has 0 aromatic carbocycles. The Hall–Kier alpha value is -1.58. The molecule has 212 valence electrons. The Morgan fingerprint density at radius 3 is 1.16 bits per heavy atom. The van der Waals surface area contributed by atoms with E-state index in [0.717, 1.165) is 13.1 Å². The van der Waals surface area contributed by atoms with Crippen molar-refractivity contribution in [1.82, 2.24) is 9.80 Å². The van der Waals surface area contributed by atoms with Gasteiger partial charge in [0.2, 0.25) is 11.4 Å². The molecule has 4 nitrogen and oxygen atoms in total. The lowest BCUT2D eigenvalue weighted by Gasteiger charge is -2.42. The molecule has 0 fully saturated rings. The Kier molecular flexibility index (Phi) is 9.63. The highest BCUT2D eigenvalue weighted by molar-refractivity contribution is 6.38. The van der Waals surface area contributed by atoms with Crippen molar-refractivity contribution < 1.29 is 9.15 Å². The smallest absolute Gasteiger partial charge is 0.243 e. The van der Waals surface area contributed by atoms with Crippen molar-refractivity contribution in [2.75, 3.05) is 26.2 Å². The van der Waals surface area contributed by atoms with Crippen molar-refractivity contribution in [2.24, 2.45) is 0 Å². The van der Waals surface area contributed by atoms with Crippen LogP contribution in [0.15, 0.2) is 23.5 Å². The van der Waals surface area contributed by atoms with Gasteiger partial charge in [0.05, 0.1) is 11.4 Å². The van der Waals surface area contributed by atoms with Gasteiger partial charge in [0.1, 0.15) is 13.1 Å². The van der Waals surface area contributed by atoms with E-state index >= 15 is 0 Å². The van der Waals surface area contributed by atoms with Gasteiger partial charge >= 0.3 is 0 Å². The monoisotopic (exact) mass is 514 g/mol. The summed E-state index contributed by atoms with van der Waals surface area (Å²) in [5.74, 6) is 0. The molecular weight excluding hydrogens is 452 g/mol. The molecule has 0 amide bonds. The first-order valence-corrected chi connectivity index (χ1v) is 14.7. The second kappa shape index (κ2) is 11.3. The molecule has 37 heavy (non-hydrogen) atoms. The highest BCUT2D eigenvalue weighted by Gasteiger charge is 2.43. The molecule has 0 aromatic heterocycles. The minimum atomic E-state index is 0. The van der Waals surface area contributed by atoms with Crippen LogP contribution >= 0.6 is 0 Å².